The molecule has 1 aromatic carbocycles. The van der Waals surface area contributed by atoms with E-state index in [1.807, 2.05) is 30.3 Å². The number of para-hydroxylation sites is 2. The number of allylic oxidation sites excluding steroid dienone is 1. The van der Waals surface area contributed by atoms with E-state index in [-0.39, 0.29) is 0 Å². The van der Waals surface area contributed by atoms with E-state index in [9.17, 15) is 0 Å². The molecule has 0 fully saturated rings. The van der Waals surface area contributed by atoms with Crippen LogP contribution in [0.25, 0.3) is 0 Å². The van der Waals surface area contributed by atoms with E-state index in [0.29, 0.717) is 0 Å². The van der Waals surface area contributed by atoms with Gasteiger partial charge in [0.25, 0.3) is 0 Å². The molecule has 0 heterocycles. The highest BCUT2D eigenvalue weighted by molar-refractivity contribution is 5.39. The van der Waals surface area contributed by atoms with Crippen LogP contribution in [0.15, 0.2) is 36.9 Å². The standard InChI is InChI=1S/C23H38O2/c1-4-6-7-8-9-10-11-14-19-24-22-17-12-13-18-23(22)25-20-15-16-21(3)5-2/h4,12-13,17-18,21H,1,5-11,14-16,19-20H2,2-3H3. The zero-order chi connectivity index (χ0) is 18.2. The topological polar surface area (TPSA) is 18.5 Å². The van der Waals surface area contributed by atoms with E-state index < -0.39 is 0 Å². The summed E-state index contributed by atoms with van der Waals surface area (Å²) in [5.41, 5.74) is 0. The molecule has 2 heteroatoms. The fraction of sp³-hybridized carbons (Fsp3) is 0.652. The van der Waals surface area contributed by atoms with Crippen LogP contribution >= 0.6 is 0 Å². The third kappa shape index (κ3) is 10.9. The van der Waals surface area contributed by atoms with Crippen molar-refractivity contribution in [3.8, 4) is 11.5 Å². The molecule has 0 amide bonds. The molecule has 0 aliphatic carbocycles. The number of benzene rings is 1. The lowest BCUT2D eigenvalue weighted by molar-refractivity contribution is 0.254. The van der Waals surface area contributed by atoms with Gasteiger partial charge < -0.3 is 9.47 Å². The van der Waals surface area contributed by atoms with Crippen molar-refractivity contribution in [3.63, 3.8) is 0 Å². The van der Waals surface area contributed by atoms with Crippen LogP contribution in [0.2, 0.25) is 0 Å². The molecule has 0 saturated heterocycles. The van der Waals surface area contributed by atoms with Gasteiger partial charge in [0.2, 0.25) is 0 Å². The normalized spacial score (nSPS) is 11.9. The van der Waals surface area contributed by atoms with Gasteiger partial charge in [-0.2, -0.15) is 0 Å². The fourth-order valence-corrected chi connectivity index (χ4v) is 2.79. The van der Waals surface area contributed by atoms with Crippen molar-refractivity contribution >= 4 is 0 Å². The maximum atomic E-state index is 5.94. The average molecular weight is 347 g/mol. The number of ether oxygens (including phenoxy) is 2. The molecule has 25 heavy (non-hydrogen) atoms. The van der Waals surface area contributed by atoms with Crippen LogP contribution in [-0.2, 0) is 0 Å². The summed E-state index contributed by atoms with van der Waals surface area (Å²) < 4.78 is 11.9. The molecule has 1 aromatic rings. The summed E-state index contributed by atoms with van der Waals surface area (Å²) in [5, 5.41) is 0. The van der Waals surface area contributed by atoms with Crippen LogP contribution in [0.3, 0.4) is 0 Å². The van der Waals surface area contributed by atoms with Gasteiger partial charge in [-0.05, 0) is 50.2 Å². The van der Waals surface area contributed by atoms with Crippen LogP contribution in [0, 0.1) is 5.92 Å². The number of rotatable bonds is 16. The molecular weight excluding hydrogens is 308 g/mol. The molecule has 1 atom stereocenters. The molecule has 0 aromatic heterocycles. The Balaban J connectivity index is 2.15. The van der Waals surface area contributed by atoms with Gasteiger partial charge in [0.05, 0.1) is 13.2 Å². The molecule has 1 unspecified atom stereocenters. The molecule has 2 nitrogen and oxygen atoms in total. The molecule has 1 rings (SSSR count). The first-order valence-corrected chi connectivity index (χ1v) is 10.2. The summed E-state index contributed by atoms with van der Waals surface area (Å²) in [7, 11) is 0. The lowest BCUT2D eigenvalue weighted by Crippen LogP contribution is -2.04. The van der Waals surface area contributed by atoms with E-state index in [0.717, 1.165) is 49.9 Å². The summed E-state index contributed by atoms with van der Waals surface area (Å²) in [6.07, 6.45) is 14.3. The lowest BCUT2D eigenvalue weighted by atomic mass is 10.0. The summed E-state index contributed by atoms with van der Waals surface area (Å²) in [6.45, 7) is 9.86. The van der Waals surface area contributed by atoms with Crippen molar-refractivity contribution < 1.29 is 9.47 Å². The lowest BCUT2D eigenvalue weighted by Gasteiger charge is -2.13. The minimum Gasteiger partial charge on any atom is -0.490 e. The molecule has 0 saturated carbocycles. The van der Waals surface area contributed by atoms with Gasteiger partial charge in [0.1, 0.15) is 0 Å². The molecule has 0 N–H and O–H groups in total. The SMILES string of the molecule is C=CCCCCCCCCOc1ccccc1OCCCC(C)CC. The van der Waals surface area contributed by atoms with Gasteiger partial charge in [-0.1, -0.05) is 64.2 Å². The third-order valence-corrected chi connectivity index (χ3v) is 4.71. The third-order valence-electron chi connectivity index (χ3n) is 4.71. The van der Waals surface area contributed by atoms with E-state index in [1.54, 1.807) is 0 Å². The van der Waals surface area contributed by atoms with Crippen molar-refractivity contribution in [2.24, 2.45) is 5.92 Å². The largest absolute Gasteiger partial charge is 0.490 e. The zero-order valence-electron chi connectivity index (χ0n) is 16.5. The van der Waals surface area contributed by atoms with Gasteiger partial charge in [-0.25, -0.2) is 0 Å². The van der Waals surface area contributed by atoms with Gasteiger partial charge in [0, 0.05) is 0 Å². The summed E-state index contributed by atoms with van der Waals surface area (Å²) >= 11 is 0. The summed E-state index contributed by atoms with van der Waals surface area (Å²) in [5.74, 6) is 2.56. The first-order chi connectivity index (χ1) is 12.3. The second-order valence-electron chi connectivity index (χ2n) is 7.00. The van der Waals surface area contributed by atoms with Crippen molar-refractivity contribution in [1.29, 1.82) is 0 Å². The Morgan fingerprint density at radius 2 is 1.44 bits per heavy atom. The number of unbranched alkanes of at least 4 members (excludes halogenated alkanes) is 6. The highest BCUT2D eigenvalue weighted by atomic mass is 16.5. The first-order valence-electron chi connectivity index (χ1n) is 10.2. The molecule has 0 aliphatic heterocycles. The number of hydrogen-bond donors (Lipinski definition) is 0. The molecular formula is C23H38O2. The molecule has 0 spiro atoms. The van der Waals surface area contributed by atoms with Crippen molar-refractivity contribution in [3.05, 3.63) is 36.9 Å². The Bertz CT molecular complexity index is 441. The van der Waals surface area contributed by atoms with Crippen molar-refractivity contribution in [2.75, 3.05) is 13.2 Å². The van der Waals surface area contributed by atoms with Gasteiger partial charge in [-0.3, -0.25) is 0 Å². The average Bonchev–Trinajstić information content (AvgIpc) is 2.64. The Morgan fingerprint density at radius 3 is 2.04 bits per heavy atom. The van der Waals surface area contributed by atoms with E-state index in [2.05, 4.69) is 20.4 Å². The van der Waals surface area contributed by atoms with Crippen LogP contribution in [0.5, 0.6) is 11.5 Å². The minimum absolute atomic E-state index is 0.773. The Morgan fingerprint density at radius 1 is 0.880 bits per heavy atom. The van der Waals surface area contributed by atoms with Gasteiger partial charge in [0.15, 0.2) is 11.5 Å². The number of hydrogen-bond acceptors (Lipinski definition) is 2. The smallest absolute Gasteiger partial charge is 0.161 e. The predicted molar refractivity (Wildman–Crippen MR) is 109 cm³/mol. The van der Waals surface area contributed by atoms with E-state index >= 15 is 0 Å². The Hall–Kier alpha value is -1.44. The second-order valence-corrected chi connectivity index (χ2v) is 7.00. The zero-order valence-corrected chi connectivity index (χ0v) is 16.5. The van der Waals surface area contributed by atoms with Crippen LogP contribution in [-0.4, -0.2) is 13.2 Å². The summed E-state index contributed by atoms with van der Waals surface area (Å²) in [6, 6.07) is 8.05. The quantitative estimate of drug-likeness (QED) is 0.233. The maximum Gasteiger partial charge on any atom is 0.161 e. The summed E-state index contributed by atoms with van der Waals surface area (Å²) in [4.78, 5) is 0. The minimum atomic E-state index is 0.773. The fourth-order valence-electron chi connectivity index (χ4n) is 2.79. The predicted octanol–water partition coefficient (Wildman–Crippen LogP) is 7.19. The molecule has 0 radical (unpaired) electrons. The molecule has 0 bridgehead atoms. The van der Waals surface area contributed by atoms with Crippen LogP contribution < -0.4 is 9.47 Å². The van der Waals surface area contributed by atoms with Crippen molar-refractivity contribution in [1.82, 2.24) is 0 Å². The monoisotopic (exact) mass is 346 g/mol. The Kier molecular flexibility index (Phi) is 12.8. The maximum absolute atomic E-state index is 5.94. The second kappa shape index (κ2) is 14.9. The van der Waals surface area contributed by atoms with Gasteiger partial charge >= 0.3 is 0 Å². The van der Waals surface area contributed by atoms with E-state index in [4.69, 9.17) is 9.47 Å². The van der Waals surface area contributed by atoms with Crippen LogP contribution in [0.1, 0.15) is 78.1 Å². The first kappa shape index (κ1) is 21.6. The van der Waals surface area contributed by atoms with Crippen LogP contribution in [0.4, 0.5) is 0 Å². The van der Waals surface area contributed by atoms with Crippen molar-refractivity contribution in [2.45, 2.75) is 78.1 Å². The highest BCUT2D eigenvalue weighted by Gasteiger charge is 2.05. The van der Waals surface area contributed by atoms with Gasteiger partial charge in [-0.15, -0.1) is 6.58 Å². The Labute approximate surface area is 155 Å². The highest BCUT2D eigenvalue weighted by Crippen LogP contribution is 2.27. The van der Waals surface area contributed by atoms with E-state index in [1.165, 1.54) is 44.9 Å². The molecule has 0 aliphatic rings. The molecule has 142 valence electrons.